The van der Waals surface area contributed by atoms with E-state index in [0.717, 1.165) is 5.92 Å². The van der Waals surface area contributed by atoms with Crippen LogP contribution in [0.2, 0.25) is 0 Å². The molecule has 0 saturated heterocycles. The first kappa shape index (κ1) is 20.8. The van der Waals surface area contributed by atoms with E-state index in [4.69, 9.17) is 5.73 Å². The number of primary amides is 1. The van der Waals surface area contributed by atoms with Crippen molar-refractivity contribution in [2.75, 3.05) is 0 Å². The Morgan fingerprint density at radius 2 is 1.83 bits per heavy atom. The second-order valence-corrected chi connectivity index (χ2v) is 9.62. The minimum absolute atomic E-state index is 0.0125. The number of ketones is 1. The van der Waals surface area contributed by atoms with Gasteiger partial charge in [0.05, 0.1) is 0 Å². The Bertz CT molecular complexity index is 1040. The summed E-state index contributed by atoms with van der Waals surface area (Å²) in [5, 5.41) is 3.76. The van der Waals surface area contributed by atoms with Crippen LogP contribution < -0.4 is 5.73 Å². The van der Waals surface area contributed by atoms with Gasteiger partial charge in [-0.15, -0.1) is 11.3 Å². The Morgan fingerprint density at radius 3 is 2.60 bits per heavy atom. The second-order valence-electron chi connectivity index (χ2n) is 8.71. The molecule has 0 aliphatic heterocycles. The third kappa shape index (κ3) is 4.65. The highest BCUT2D eigenvalue weighted by Gasteiger charge is 2.28. The van der Waals surface area contributed by atoms with Crippen molar-refractivity contribution < 1.29 is 9.59 Å². The minimum Gasteiger partial charge on any atom is -0.370 e. The van der Waals surface area contributed by atoms with Gasteiger partial charge in [0.25, 0.3) is 0 Å². The summed E-state index contributed by atoms with van der Waals surface area (Å²) in [6, 6.07) is 16.7. The van der Waals surface area contributed by atoms with E-state index >= 15 is 0 Å². The van der Waals surface area contributed by atoms with Gasteiger partial charge in [0.2, 0.25) is 5.91 Å². The summed E-state index contributed by atoms with van der Waals surface area (Å²) in [5.41, 5.74) is 8.64. The molecule has 1 amide bonds. The van der Waals surface area contributed by atoms with Crippen molar-refractivity contribution in [2.45, 2.75) is 57.3 Å². The van der Waals surface area contributed by atoms with Gasteiger partial charge < -0.3 is 5.73 Å². The molecule has 3 aromatic rings. The average Bonchev–Trinajstić information content (AvgIpc) is 3.39. The van der Waals surface area contributed by atoms with Crippen LogP contribution in [0.3, 0.4) is 0 Å². The number of hydrogen-bond acceptors (Lipinski definition) is 3. The molecule has 0 radical (unpaired) electrons. The first-order chi connectivity index (χ1) is 14.5. The van der Waals surface area contributed by atoms with Crippen LogP contribution in [0.1, 0.15) is 78.8 Å². The lowest BCUT2D eigenvalue weighted by molar-refractivity contribution is -0.118. The van der Waals surface area contributed by atoms with Gasteiger partial charge in [0.15, 0.2) is 5.78 Å². The lowest BCUT2D eigenvalue weighted by atomic mass is 9.87. The van der Waals surface area contributed by atoms with E-state index < -0.39 is 5.91 Å². The third-order valence-electron chi connectivity index (χ3n) is 6.57. The summed E-state index contributed by atoms with van der Waals surface area (Å²) in [7, 11) is 0. The molecule has 1 unspecified atom stereocenters. The topological polar surface area (TPSA) is 60.2 Å². The van der Waals surface area contributed by atoms with Gasteiger partial charge >= 0.3 is 0 Å². The summed E-state index contributed by atoms with van der Waals surface area (Å²) >= 11 is 1.85. The molecular weight excluding hydrogens is 390 g/mol. The number of rotatable bonds is 8. The second kappa shape index (κ2) is 9.13. The zero-order chi connectivity index (χ0) is 21.1. The Morgan fingerprint density at radius 1 is 1.07 bits per heavy atom. The van der Waals surface area contributed by atoms with E-state index in [2.05, 4.69) is 48.7 Å². The lowest BCUT2D eigenvalue weighted by Gasteiger charge is -2.17. The smallest absolute Gasteiger partial charge is 0.217 e. The van der Waals surface area contributed by atoms with E-state index in [0.29, 0.717) is 17.4 Å². The molecule has 1 aliphatic carbocycles. The first-order valence-corrected chi connectivity index (χ1v) is 11.8. The SMILES string of the molecule is C[C@@H](CC1CC[C@H](c2ccc(C(=O)CCC(N)=O)cc2)C1)c1csc2ccccc12. The fourth-order valence-corrected chi connectivity index (χ4v) is 6.00. The van der Waals surface area contributed by atoms with Gasteiger partial charge in [-0.25, -0.2) is 0 Å². The molecule has 1 aliphatic rings. The van der Waals surface area contributed by atoms with E-state index in [-0.39, 0.29) is 18.6 Å². The Hall–Kier alpha value is -2.46. The highest BCUT2D eigenvalue weighted by atomic mass is 32.1. The number of hydrogen-bond donors (Lipinski definition) is 1. The normalized spacial score (nSPS) is 19.8. The van der Waals surface area contributed by atoms with E-state index in [1.54, 1.807) is 0 Å². The van der Waals surface area contributed by atoms with Crippen molar-refractivity contribution >= 4 is 33.1 Å². The van der Waals surface area contributed by atoms with Gasteiger partial charge in [-0.3, -0.25) is 9.59 Å². The van der Waals surface area contributed by atoms with Gasteiger partial charge in [-0.05, 0) is 71.4 Å². The van der Waals surface area contributed by atoms with Gasteiger partial charge in [0, 0.05) is 23.1 Å². The largest absolute Gasteiger partial charge is 0.370 e. The zero-order valence-electron chi connectivity index (χ0n) is 17.5. The van der Waals surface area contributed by atoms with Crippen molar-refractivity contribution in [3.63, 3.8) is 0 Å². The molecule has 4 heteroatoms. The van der Waals surface area contributed by atoms with Crippen LogP contribution in [0.5, 0.6) is 0 Å². The van der Waals surface area contributed by atoms with Crippen LogP contribution in [0.4, 0.5) is 0 Å². The summed E-state index contributed by atoms with van der Waals surface area (Å²) < 4.78 is 1.38. The van der Waals surface area contributed by atoms with E-state index in [9.17, 15) is 9.59 Å². The quantitative estimate of drug-likeness (QED) is 0.428. The van der Waals surface area contributed by atoms with Crippen molar-refractivity contribution in [1.82, 2.24) is 0 Å². The minimum atomic E-state index is -0.429. The standard InChI is InChI=1S/C26H29NO2S/c1-17(23-16-30-25-5-3-2-4-22(23)25)14-18-6-7-21(15-18)19-8-10-20(11-9-19)24(28)12-13-26(27)29/h2-5,8-11,16-18,21H,6-7,12-15H2,1H3,(H2,27,29)/t17-,18?,21-/m0/s1. The average molecular weight is 420 g/mol. The van der Waals surface area contributed by atoms with E-state index in [1.165, 1.54) is 46.9 Å². The Labute approximate surface area is 182 Å². The molecule has 4 rings (SSSR count). The monoisotopic (exact) mass is 419 g/mol. The molecule has 156 valence electrons. The molecule has 2 N–H and O–H groups in total. The van der Waals surface area contributed by atoms with Gasteiger partial charge in [0.1, 0.15) is 0 Å². The lowest BCUT2D eigenvalue weighted by Crippen LogP contribution is -2.12. The summed E-state index contributed by atoms with van der Waals surface area (Å²) in [4.78, 5) is 23.0. The van der Waals surface area contributed by atoms with Crippen molar-refractivity contribution in [1.29, 1.82) is 0 Å². The number of thiophene rings is 1. The molecule has 0 bridgehead atoms. The molecule has 0 spiro atoms. The summed E-state index contributed by atoms with van der Waals surface area (Å²) in [6.07, 6.45) is 5.26. The van der Waals surface area contributed by atoms with Gasteiger partial charge in [-0.1, -0.05) is 49.4 Å². The number of benzene rings is 2. The number of nitrogens with two attached hydrogens (primary N) is 1. The van der Waals surface area contributed by atoms with Crippen LogP contribution >= 0.6 is 11.3 Å². The highest BCUT2D eigenvalue weighted by molar-refractivity contribution is 7.17. The summed E-state index contributed by atoms with van der Waals surface area (Å²) in [5.74, 6) is 1.47. The molecule has 30 heavy (non-hydrogen) atoms. The van der Waals surface area contributed by atoms with Crippen molar-refractivity contribution in [2.24, 2.45) is 11.7 Å². The molecule has 1 fully saturated rings. The number of amides is 1. The third-order valence-corrected chi connectivity index (χ3v) is 7.55. The van der Waals surface area contributed by atoms with Crippen molar-refractivity contribution in [3.8, 4) is 0 Å². The predicted octanol–water partition coefficient (Wildman–Crippen LogP) is 6.43. The number of Topliss-reactive ketones (excluding diaryl/α,β-unsaturated/α-hetero) is 1. The van der Waals surface area contributed by atoms with Gasteiger partial charge in [-0.2, -0.15) is 0 Å². The zero-order valence-corrected chi connectivity index (χ0v) is 18.3. The van der Waals surface area contributed by atoms with Crippen LogP contribution in [0.25, 0.3) is 10.1 Å². The maximum Gasteiger partial charge on any atom is 0.217 e. The first-order valence-electron chi connectivity index (χ1n) is 10.9. The Balaban J connectivity index is 1.35. The molecule has 1 saturated carbocycles. The molecule has 1 heterocycles. The number of carbonyl (C=O) groups excluding carboxylic acids is 2. The van der Waals surface area contributed by atoms with Crippen LogP contribution in [0, 0.1) is 5.92 Å². The molecule has 3 nitrogen and oxygen atoms in total. The van der Waals surface area contributed by atoms with Crippen LogP contribution in [0.15, 0.2) is 53.9 Å². The summed E-state index contributed by atoms with van der Waals surface area (Å²) in [6.45, 7) is 2.37. The number of carbonyl (C=O) groups is 2. The molecule has 1 aromatic heterocycles. The fourth-order valence-electron chi connectivity index (χ4n) is 4.92. The molecule has 3 atom stereocenters. The predicted molar refractivity (Wildman–Crippen MR) is 124 cm³/mol. The molecular formula is C26H29NO2S. The number of fused-ring (bicyclic) bond motifs is 1. The maximum atomic E-state index is 12.2. The fraction of sp³-hybridized carbons (Fsp3) is 0.385. The highest BCUT2D eigenvalue weighted by Crippen LogP contribution is 2.43. The molecule has 2 aromatic carbocycles. The maximum absolute atomic E-state index is 12.2. The van der Waals surface area contributed by atoms with Crippen molar-refractivity contribution in [3.05, 3.63) is 70.6 Å². The van der Waals surface area contributed by atoms with Crippen LogP contribution in [-0.2, 0) is 4.79 Å². The van der Waals surface area contributed by atoms with Crippen LogP contribution in [-0.4, -0.2) is 11.7 Å². The van der Waals surface area contributed by atoms with E-state index in [1.807, 2.05) is 23.5 Å². The Kier molecular flexibility index (Phi) is 6.33.